The molecule has 0 radical (unpaired) electrons. The second kappa shape index (κ2) is 5.24. The van der Waals surface area contributed by atoms with E-state index in [-0.39, 0.29) is 5.56 Å². The first-order valence-electron chi connectivity index (χ1n) is 5.56. The first-order chi connectivity index (χ1) is 9.39. The van der Waals surface area contributed by atoms with Gasteiger partial charge in [0.15, 0.2) is 5.75 Å². The van der Waals surface area contributed by atoms with E-state index in [0.29, 0.717) is 5.56 Å². The lowest BCUT2D eigenvalue weighted by Crippen LogP contribution is -2.12. The number of carboxylic acid groups (broad SMARTS) is 1. The third kappa shape index (κ3) is 2.90. The van der Waals surface area contributed by atoms with Crippen LogP contribution in [0.25, 0.3) is 11.1 Å². The molecule has 0 aliphatic heterocycles. The van der Waals surface area contributed by atoms with Gasteiger partial charge in [0.05, 0.1) is 5.56 Å². The average molecular weight is 282 g/mol. The van der Waals surface area contributed by atoms with Crippen molar-refractivity contribution in [1.29, 1.82) is 0 Å². The number of rotatable bonds is 2. The minimum atomic E-state index is -4.70. The fourth-order valence-electron chi connectivity index (χ4n) is 1.80. The normalized spacial score (nSPS) is 11.2. The van der Waals surface area contributed by atoms with Gasteiger partial charge in [-0.05, 0) is 11.6 Å². The van der Waals surface area contributed by atoms with Gasteiger partial charge in [-0.3, -0.25) is 0 Å². The van der Waals surface area contributed by atoms with Crippen molar-refractivity contribution >= 4 is 6.16 Å². The molecule has 0 spiro atoms. The Kier molecular flexibility index (Phi) is 3.65. The van der Waals surface area contributed by atoms with E-state index in [1.165, 1.54) is 12.1 Å². The minimum absolute atomic E-state index is 0.0721. The first kappa shape index (κ1) is 13.9. The van der Waals surface area contributed by atoms with Crippen molar-refractivity contribution in [3.05, 3.63) is 54.1 Å². The second-order valence-electron chi connectivity index (χ2n) is 3.91. The molecular formula is C14H9F3O3. The van der Waals surface area contributed by atoms with Crippen molar-refractivity contribution in [1.82, 2.24) is 0 Å². The number of hydrogen-bond acceptors (Lipinski definition) is 2. The highest BCUT2D eigenvalue weighted by Gasteiger charge is 2.36. The van der Waals surface area contributed by atoms with Crippen LogP contribution in [-0.4, -0.2) is 11.3 Å². The van der Waals surface area contributed by atoms with Crippen LogP contribution >= 0.6 is 0 Å². The number of ether oxygens (including phenoxy) is 1. The maximum Gasteiger partial charge on any atom is 0.511 e. The summed E-state index contributed by atoms with van der Waals surface area (Å²) < 4.78 is 43.1. The molecule has 0 saturated heterocycles. The van der Waals surface area contributed by atoms with Crippen molar-refractivity contribution in [3.8, 4) is 16.9 Å². The van der Waals surface area contributed by atoms with Crippen LogP contribution in [0.1, 0.15) is 5.56 Å². The zero-order valence-corrected chi connectivity index (χ0v) is 10.0. The summed E-state index contributed by atoms with van der Waals surface area (Å²) in [5.41, 5.74) is -0.612. The standard InChI is InChI=1S/C14H9F3O3/c15-14(16,17)11-8-4-7-10(12(11)20-13(18)19)9-5-2-1-3-6-9/h1-8H,(H,18,19). The Balaban J connectivity index is 2.65. The van der Waals surface area contributed by atoms with E-state index >= 15 is 0 Å². The average Bonchev–Trinajstić information content (AvgIpc) is 2.38. The van der Waals surface area contributed by atoms with Crippen LogP contribution in [0.5, 0.6) is 5.75 Å². The smallest absolute Gasteiger partial charge is 0.449 e. The second-order valence-corrected chi connectivity index (χ2v) is 3.91. The number of alkyl halides is 3. The van der Waals surface area contributed by atoms with Crippen molar-refractivity contribution in [2.45, 2.75) is 6.18 Å². The largest absolute Gasteiger partial charge is 0.511 e. The zero-order chi connectivity index (χ0) is 14.8. The van der Waals surface area contributed by atoms with Crippen LogP contribution in [0.15, 0.2) is 48.5 Å². The molecule has 1 N–H and O–H groups in total. The van der Waals surface area contributed by atoms with Crippen LogP contribution in [0.3, 0.4) is 0 Å². The van der Waals surface area contributed by atoms with Gasteiger partial charge in [0.25, 0.3) is 0 Å². The summed E-state index contributed by atoms with van der Waals surface area (Å²) in [6, 6.07) is 11.5. The molecule has 20 heavy (non-hydrogen) atoms. The Bertz CT molecular complexity index is 621. The lowest BCUT2D eigenvalue weighted by Gasteiger charge is -2.15. The molecule has 0 aliphatic carbocycles. The fraction of sp³-hybridized carbons (Fsp3) is 0.0714. The van der Waals surface area contributed by atoms with E-state index in [2.05, 4.69) is 4.74 Å². The highest BCUT2D eigenvalue weighted by atomic mass is 19.4. The van der Waals surface area contributed by atoms with E-state index in [0.717, 1.165) is 6.07 Å². The van der Waals surface area contributed by atoms with Gasteiger partial charge in [0.2, 0.25) is 0 Å². The van der Waals surface area contributed by atoms with E-state index in [1.807, 2.05) is 0 Å². The van der Waals surface area contributed by atoms with Crippen molar-refractivity contribution in [3.63, 3.8) is 0 Å². The summed E-state index contributed by atoms with van der Waals surface area (Å²) in [5.74, 6) is -0.710. The van der Waals surface area contributed by atoms with Gasteiger partial charge in [0, 0.05) is 5.56 Å². The van der Waals surface area contributed by atoms with Crippen LogP contribution in [0, 0.1) is 0 Å². The Labute approximate surface area is 112 Å². The maximum absolute atomic E-state index is 12.9. The zero-order valence-electron chi connectivity index (χ0n) is 10.0. The molecular weight excluding hydrogens is 273 g/mol. The number of para-hydroxylation sites is 1. The number of halogens is 3. The fourth-order valence-corrected chi connectivity index (χ4v) is 1.80. The predicted molar refractivity (Wildman–Crippen MR) is 65.5 cm³/mol. The van der Waals surface area contributed by atoms with Gasteiger partial charge < -0.3 is 9.84 Å². The van der Waals surface area contributed by atoms with Gasteiger partial charge in [-0.15, -0.1) is 0 Å². The monoisotopic (exact) mass is 282 g/mol. The molecule has 0 unspecified atom stereocenters. The minimum Gasteiger partial charge on any atom is -0.449 e. The third-order valence-corrected chi connectivity index (χ3v) is 2.59. The molecule has 0 saturated carbocycles. The van der Waals surface area contributed by atoms with Gasteiger partial charge in [-0.25, -0.2) is 4.79 Å². The molecule has 0 aromatic heterocycles. The maximum atomic E-state index is 12.9. The third-order valence-electron chi connectivity index (χ3n) is 2.59. The Hall–Kier alpha value is -2.50. The molecule has 2 aromatic carbocycles. The summed E-state index contributed by atoms with van der Waals surface area (Å²) in [6.45, 7) is 0. The molecule has 0 amide bonds. The van der Waals surface area contributed by atoms with E-state index in [4.69, 9.17) is 5.11 Å². The quantitative estimate of drug-likeness (QED) is 0.654. The van der Waals surface area contributed by atoms with Gasteiger partial charge in [-0.1, -0.05) is 42.5 Å². The van der Waals surface area contributed by atoms with E-state index in [9.17, 15) is 18.0 Å². The van der Waals surface area contributed by atoms with Crippen molar-refractivity contribution in [2.75, 3.05) is 0 Å². The summed E-state index contributed by atoms with van der Waals surface area (Å²) >= 11 is 0. The highest BCUT2D eigenvalue weighted by molar-refractivity contribution is 5.76. The Morgan fingerprint density at radius 1 is 1.00 bits per heavy atom. The predicted octanol–water partition coefficient (Wildman–Crippen LogP) is 4.43. The lowest BCUT2D eigenvalue weighted by molar-refractivity contribution is -0.138. The summed E-state index contributed by atoms with van der Waals surface area (Å²) in [6.07, 6.45) is -6.49. The van der Waals surface area contributed by atoms with Gasteiger partial charge >= 0.3 is 12.3 Å². The van der Waals surface area contributed by atoms with Gasteiger partial charge in [0.1, 0.15) is 0 Å². The van der Waals surface area contributed by atoms with Crippen molar-refractivity contribution < 1.29 is 27.8 Å². The first-order valence-corrected chi connectivity index (χ1v) is 5.56. The molecule has 3 nitrogen and oxygen atoms in total. The Morgan fingerprint density at radius 3 is 2.20 bits per heavy atom. The Morgan fingerprint density at radius 2 is 1.65 bits per heavy atom. The molecule has 2 rings (SSSR count). The molecule has 104 valence electrons. The molecule has 0 fully saturated rings. The van der Waals surface area contributed by atoms with Crippen LogP contribution < -0.4 is 4.74 Å². The molecule has 0 bridgehead atoms. The number of carbonyl (C=O) groups is 1. The molecule has 0 atom stereocenters. The molecule has 2 aromatic rings. The van der Waals surface area contributed by atoms with E-state index < -0.39 is 23.6 Å². The van der Waals surface area contributed by atoms with Crippen LogP contribution in [-0.2, 0) is 6.18 Å². The molecule has 6 heteroatoms. The highest BCUT2D eigenvalue weighted by Crippen LogP contribution is 2.41. The number of hydrogen-bond donors (Lipinski definition) is 1. The van der Waals surface area contributed by atoms with Gasteiger partial charge in [-0.2, -0.15) is 13.2 Å². The summed E-state index contributed by atoms with van der Waals surface area (Å²) in [5, 5.41) is 8.64. The van der Waals surface area contributed by atoms with Crippen LogP contribution in [0.4, 0.5) is 18.0 Å². The summed E-state index contributed by atoms with van der Waals surface area (Å²) in [7, 11) is 0. The van der Waals surface area contributed by atoms with E-state index in [1.54, 1.807) is 30.3 Å². The SMILES string of the molecule is O=C(O)Oc1c(-c2ccccc2)cccc1C(F)(F)F. The topological polar surface area (TPSA) is 46.5 Å². The van der Waals surface area contributed by atoms with Crippen molar-refractivity contribution in [2.24, 2.45) is 0 Å². The molecule has 0 heterocycles. The van der Waals surface area contributed by atoms with Crippen LogP contribution in [0.2, 0.25) is 0 Å². The summed E-state index contributed by atoms with van der Waals surface area (Å²) in [4.78, 5) is 10.6. The number of benzene rings is 2. The molecule has 0 aliphatic rings. The lowest BCUT2D eigenvalue weighted by atomic mass is 10.0.